The molecule has 0 aliphatic carbocycles. The number of hydrogen-bond donors (Lipinski definition) is 2. The Morgan fingerprint density at radius 1 is 1.28 bits per heavy atom. The predicted octanol–water partition coefficient (Wildman–Crippen LogP) is 4.56. The molecule has 3 N–H and O–H groups in total. The third-order valence-corrected chi connectivity index (χ3v) is 5.03. The quantitative estimate of drug-likeness (QED) is 0.615. The van der Waals surface area contributed by atoms with Gasteiger partial charge >= 0.3 is 0 Å². The molecule has 1 unspecified atom stereocenters. The monoisotopic (exact) mass is 364 g/mol. The minimum atomic E-state index is 0.0188. The van der Waals surface area contributed by atoms with Crippen molar-refractivity contribution in [3.63, 3.8) is 0 Å². The van der Waals surface area contributed by atoms with Crippen LogP contribution in [0.2, 0.25) is 10.0 Å². The summed E-state index contributed by atoms with van der Waals surface area (Å²) in [5.74, 6) is 5.61. The van der Waals surface area contributed by atoms with E-state index in [-0.39, 0.29) is 6.04 Å². The summed E-state index contributed by atoms with van der Waals surface area (Å²) in [6.07, 6.45) is 0.810. The number of halogens is 3. The van der Waals surface area contributed by atoms with Crippen molar-refractivity contribution >= 4 is 50.5 Å². The second-order valence-corrected chi connectivity index (χ2v) is 6.55. The number of thiophene rings is 1. The molecule has 2 rings (SSSR count). The van der Waals surface area contributed by atoms with E-state index in [0.29, 0.717) is 10.0 Å². The Morgan fingerprint density at radius 3 is 2.61 bits per heavy atom. The molecule has 0 aliphatic rings. The van der Waals surface area contributed by atoms with Gasteiger partial charge in [0.2, 0.25) is 0 Å². The molecule has 96 valence electrons. The molecule has 1 heterocycles. The van der Waals surface area contributed by atoms with Gasteiger partial charge in [0, 0.05) is 21.2 Å². The van der Waals surface area contributed by atoms with Crippen LogP contribution in [0.5, 0.6) is 0 Å². The summed E-state index contributed by atoms with van der Waals surface area (Å²) in [5.41, 5.74) is 3.84. The van der Waals surface area contributed by atoms with Crippen molar-refractivity contribution in [1.29, 1.82) is 0 Å². The summed E-state index contributed by atoms with van der Waals surface area (Å²) in [6, 6.07) is 7.67. The molecule has 6 heteroatoms. The maximum absolute atomic E-state index is 6.02. The van der Waals surface area contributed by atoms with E-state index in [1.807, 2.05) is 12.1 Å². The highest BCUT2D eigenvalue weighted by Gasteiger charge is 2.13. The lowest BCUT2D eigenvalue weighted by atomic mass is 10.0. The van der Waals surface area contributed by atoms with Gasteiger partial charge < -0.3 is 0 Å². The standard InChI is InChI=1S/C12H11BrCl2N2S/c13-8-4-9(18-6-8)5-12(17-16)7-1-2-10(14)11(15)3-7/h1-4,6,12,17H,5,16H2. The summed E-state index contributed by atoms with van der Waals surface area (Å²) in [5, 5.41) is 3.15. The van der Waals surface area contributed by atoms with Gasteiger partial charge in [0.25, 0.3) is 0 Å². The number of benzene rings is 1. The maximum Gasteiger partial charge on any atom is 0.0595 e. The molecule has 2 nitrogen and oxygen atoms in total. The minimum absolute atomic E-state index is 0.0188. The summed E-state index contributed by atoms with van der Waals surface area (Å²) in [6.45, 7) is 0. The Hall–Kier alpha value is -0.100. The molecule has 0 bridgehead atoms. The number of rotatable bonds is 4. The predicted molar refractivity (Wildman–Crippen MR) is 82.2 cm³/mol. The Labute approximate surface area is 128 Å². The van der Waals surface area contributed by atoms with E-state index in [9.17, 15) is 0 Å². The molecule has 0 saturated heterocycles. The summed E-state index contributed by atoms with van der Waals surface area (Å²) in [7, 11) is 0. The first-order chi connectivity index (χ1) is 8.60. The van der Waals surface area contributed by atoms with Gasteiger partial charge in [0.15, 0.2) is 0 Å². The number of hydrogen-bond acceptors (Lipinski definition) is 3. The summed E-state index contributed by atoms with van der Waals surface area (Å²) >= 11 is 17.1. The van der Waals surface area contributed by atoms with Gasteiger partial charge in [-0.15, -0.1) is 11.3 Å². The van der Waals surface area contributed by atoms with Gasteiger partial charge in [0.1, 0.15) is 0 Å². The largest absolute Gasteiger partial charge is 0.271 e. The highest BCUT2D eigenvalue weighted by atomic mass is 79.9. The Balaban J connectivity index is 2.19. The van der Waals surface area contributed by atoms with E-state index in [2.05, 4.69) is 32.8 Å². The fraction of sp³-hybridized carbons (Fsp3) is 0.167. The van der Waals surface area contributed by atoms with E-state index in [1.165, 1.54) is 4.88 Å². The maximum atomic E-state index is 6.02. The zero-order valence-corrected chi connectivity index (χ0v) is 13.2. The smallest absolute Gasteiger partial charge is 0.0595 e. The zero-order chi connectivity index (χ0) is 13.1. The van der Waals surface area contributed by atoms with E-state index >= 15 is 0 Å². The molecule has 2 aromatic rings. The molecule has 18 heavy (non-hydrogen) atoms. The molecule has 0 amide bonds. The SMILES string of the molecule is NNC(Cc1cc(Br)cs1)c1ccc(Cl)c(Cl)c1. The topological polar surface area (TPSA) is 38.0 Å². The summed E-state index contributed by atoms with van der Waals surface area (Å²) < 4.78 is 1.09. The van der Waals surface area contributed by atoms with Crippen LogP contribution >= 0.6 is 50.5 Å². The van der Waals surface area contributed by atoms with Gasteiger partial charge in [-0.25, -0.2) is 0 Å². The average molecular weight is 366 g/mol. The molecule has 0 radical (unpaired) electrons. The lowest BCUT2D eigenvalue weighted by Crippen LogP contribution is -2.29. The third kappa shape index (κ3) is 3.47. The van der Waals surface area contributed by atoms with Crippen LogP contribution < -0.4 is 11.3 Å². The highest BCUT2D eigenvalue weighted by Crippen LogP contribution is 2.29. The van der Waals surface area contributed by atoms with Crippen LogP contribution in [0.15, 0.2) is 34.1 Å². The Bertz CT molecular complexity index is 545. The van der Waals surface area contributed by atoms with Crippen molar-refractivity contribution in [3.05, 3.63) is 54.6 Å². The Morgan fingerprint density at radius 2 is 2.06 bits per heavy atom. The van der Waals surface area contributed by atoms with Crippen molar-refractivity contribution < 1.29 is 0 Å². The number of nitrogens with two attached hydrogens (primary N) is 1. The van der Waals surface area contributed by atoms with Crippen LogP contribution in [-0.4, -0.2) is 0 Å². The molecule has 0 aliphatic heterocycles. The van der Waals surface area contributed by atoms with E-state index < -0.39 is 0 Å². The Kier molecular flexibility index (Phi) is 5.06. The molecule has 1 aromatic carbocycles. The van der Waals surface area contributed by atoms with Gasteiger partial charge in [-0.05, 0) is 39.7 Å². The average Bonchev–Trinajstić information content (AvgIpc) is 2.75. The molecule has 0 spiro atoms. The molecule has 1 atom stereocenters. The molecule has 0 saturated carbocycles. The van der Waals surface area contributed by atoms with E-state index in [0.717, 1.165) is 16.5 Å². The third-order valence-electron chi connectivity index (χ3n) is 2.57. The van der Waals surface area contributed by atoms with Gasteiger partial charge in [-0.2, -0.15) is 0 Å². The van der Waals surface area contributed by atoms with Crippen molar-refractivity contribution in [2.24, 2.45) is 5.84 Å². The van der Waals surface area contributed by atoms with Gasteiger partial charge in [0.05, 0.1) is 16.1 Å². The molecular weight excluding hydrogens is 355 g/mol. The van der Waals surface area contributed by atoms with Crippen LogP contribution in [0.1, 0.15) is 16.5 Å². The lowest BCUT2D eigenvalue weighted by molar-refractivity contribution is 0.555. The van der Waals surface area contributed by atoms with E-state index in [4.69, 9.17) is 29.0 Å². The first-order valence-corrected chi connectivity index (χ1v) is 7.67. The van der Waals surface area contributed by atoms with Crippen LogP contribution in [0, 0.1) is 0 Å². The molecule has 1 aromatic heterocycles. The van der Waals surface area contributed by atoms with E-state index in [1.54, 1.807) is 17.4 Å². The molecule has 0 fully saturated rings. The van der Waals surface area contributed by atoms with Crippen molar-refractivity contribution in [2.45, 2.75) is 12.5 Å². The number of nitrogens with one attached hydrogen (secondary N) is 1. The fourth-order valence-electron chi connectivity index (χ4n) is 1.66. The van der Waals surface area contributed by atoms with Crippen molar-refractivity contribution in [3.8, 4) is 0 Å². The zero-order valence-electron chi connectivity index (χ0n) is 9.29. The fourth-order valence-corrected chi connectivity index (χ4v) is 3.47. The second-order valence-electron chi connectivity index (χ2n) is 3.83. The highest BCUT2D eigenvalue weighted by molar-refractivity contribution is 9.10. The van der Waals surface area contributed by atoms with Crippen LogP contribution in [0.25, 0.3) is 0 Å². The van der Waals surface area contributed by atoms with Crippen molar-refractivity contribution in [2.75, 3.05) is 0 Å². The van der Waals surface area contributed by atoms with Gasteiger partial charge in [-0.1, -0.05) is 29.3 Å². The minimum Gasteiger partial charge on any atom is -0.271 e. The van der Waals surface area contributed by atoms with Crippen molar-refractivity contribution in [1.82, 2.24) is 5.43 Å². The first kappa shape index (κ1) is 14.3. The number of hydrazine groups is 1. The van der Waals surface area contributed by atoms with Crippen LogP contribution in [-0.2, 0) is 6.42 Å². The summed E-state index contributed by atoms with van der Waals surface area (Å²) in [4.78, 5) is 1.25. The van der Waals surface area contributed by atoms with Gasteiger partial charge in [-0.3, -0.25) is 11.3 Å². The lowest BCUT2D eigenvalue weighted by Gasteiger charge is -2.16. The normalized spacial score (nSPS) is 12.7. The molecular formula is C12H11BrCl2N2S. The van der Waals surface area contributed by atoms with Crippen LogP contribution in [0.3, 0.4) is 0 Å². The second kappa shape index (κ2) is 6.37. The van der Waals surface area contributed by atoms with Crippen LogP contribution in [0.4, 0.5) is 0 Å². The first-order valence-electron chi connectivity index (χ1n) is 5.24.